The van der Waals surface area contributed by atoms with Crippen LogP contribution in [0.25, 0.3) is 11.2 Å². The molecule has 0 saturated carbocycles. The summed E-state index contributed by atoms with van der Waals surface area (Å²) >= 11 is 0. The maximum atomic E-state index is 13.4. The van der Waals surface area contributed by atoms with Crippen molar-refractivity contribution in [2.75, 3.05) is 13.1 Å². The fourth-order valence-corrected chi connectivity index (χ4v) is 3.31. The first kappa shape index (κ1) is 19.4. The van der Waals surface area contributed by atoms with Crippen molar-refractivity contribution in [3.8, 4) is 0 Å². The number of amides is 1. The van der Waals surface area contributed by atoms with Crippen molar-refractivity contribution in [1.29, 1.82) is 0 Å². The Kier molecular flexibility index (Phi) is 5.05. The number of carbonyl (C=O) groups is 1. The van der Waals surface area contributed by atoms with E-state index in [-0.39, 0.29) is 23.6 Å². The maximum absolute atomic E-state index is 13.4. The molecule has 0 bridgehead atoms. The molecule has 9 heteroatoms. The molecule has 6 nitrogen and oxygen atoms in total. The van der Waals surface area contributed by atoms with Gasteiger partial charge in [0.2, 0.25) is 5.82 Å². The quantitative estimate of drug-likeness (QED) is 0.782. The third-order valence-corrected chi connectivity index (χ3v) is 4.37. The average Bonchev–Trinajstić information content (AvgIpc) is 2.93. The van der Waals surface area contributed by atoms with Gasteiger partial charge in [0.05, 0.1) is 0 Å². The number of aromatic nitrogens is 3. The van der Waals surface area contributed by atoms with Gasteiger partial charge in [0.1, 0.15) is 11.1 Å². The smallest absolute Gasteiger partial charge is 0.444 e. The molecule has 0 aromatic carbocycles. The van der Waals surface area contributed by atoms with Crippen LogP contribution in [0.5, 0.6) is 0 Å². The first-order chi connectivity index (χ1) is 12.5. The number of likely N-dealkylation sites (tertiary alicyclic amines) is 1. The van der Waals surface area contributed by atoms with Gasteiger partial charge in [-0.05, 0) is 51.7 Å². The van der Waals surface area contributed by atoms with Crippen LogP contribution in [-0.2, 0) is 17.5 Å². The molecule has 1 atom stereocenters. The molecule has 1 amide bonds. The molecule has 0 spiro atoms. The number of hydrogen-bond donors (Lipinski definition) is 0. The molecule has 1 aliphatic rings. The van der Waals surface area contributed by atoms with Gasteiger partial charge in [-0.25, -0.2) is 14.8 Å². The summed E-state index contributed by atoms with van der Waals surface area (Å²) in [5.74, 6) is -1.09. The number of imidazole rings is 1. The monoisotopic (exact) mass is 384 g/mol. The second-order valence-corrected chi connectivity index (χ2v) is 7.82. The van der Waals surface area contributed by atoms with Crippen molar-refractivity contribution < 1.29 is 22.7 Å². The summed E-state index contributed by atoms with van der Waals surface area (Å²) in [5.41, 5.74) is -0.193. The van der Waals surface area contributed by atoms with E-state index in [4.69, 9.17) is 4.74 Å². The van der Waals surface area contributed by atoms with Crippen molar-refractivity contribution in [2.24, 2.45) is 5.92 Å². The molecule has 2 aromatic heterocycles. The van der Waals surface area contributed by atoms with Gasteiger partial charge in [-0.3, -0.25) is 0 Å². The van der Waals surface area contributed by atoms with E-state index >= 15 is 0 Å². The SMILES string of the molecule is CC(C)(C)OC(=O)N1CCCC(Cn2c(C(F)(F)F)nc3cccnc32)C1. The Labute approximate surface area is 155 Å². The topological polar surface area (TPSA) is 60.2 Å². The fraction of sp³-hybridized carbons (Fsp3) is 0.611. The molecule has 3 heterocycles. The number of ether oxygens (including phenoxy) is 1. The van der Waals surface area contributed by atoms with Crippen LogP contribution in [-0.4, -0.2) is 44.2 Å². The van der Waals surface area contributed by atoms with Crippen molar-refractivity contribution in [2.45, 2.75) is 51.9 Å². The summed E-state index contributed by atoms with van der Waals surface area (Å²) in [6, 6.07) is 3.08. The van der Waals surface area contributed by atoms with Gasteiger partial charge in [0.15, 0.2) is 5.65 Å². The zero-order valence-corrected chi connectivity index (χ0v) is 15.6. The molecular weight excluding hydrogens is 361 g/mol. The van der Waals surface area contributed by atoms with Crippen LogP contribution in [0.2, 0.25) is 0 Å². The van der Waals surface area contributed by atoms with Crippen LogP contribution in [0.15, 0.2) is 18.3 Å². The summed E-state index contributed by atoms with van der Waals surface area (Å²) in [5, 5.41) is 0. The lowest BCUT2D eigenvalue weighted by molar-refractivity contribution is -0.147. The van der Waals surface area contributed by atoms with Crippen LogP contribution >= 0.6 is 0 Å². The van der Waals surface area contributed by atoms with Gasteiger partial charge in [0, 0.05) is 25.8 Å². The highest BCUT2D eigenvalue weighted by Crippen LogP contribution is 2.32. The normalized spacial score (nSPS) is 18.7. The average molecular weight is 384 g/mol. The molecule has 0 aliphatic carbocycles. The van der Waals surface area contributed by atoms with Crippen molar-refractivity contribution in [3.63, 3.8) is 0 Å². The summed E-state index contributed by atoms with van der Waals surface area (Å²) < 4.78 is 46.8. The van der Waals surface area contributed by atoms with E-state index in [2.05, 4.69) is 9.97 Å². The van der Waals surface area contributed by atoms with Gasteiger partial charge >= 0.3 is 12.3 Å². The number of piperidine rings is 1. The third-order valence-electron chi connectivity index (χ3n) is 4.37. The van der Waals surface area contributed by atoms with E-state index in [1.54, 1.807) is 31.7 Å². The molecule has 1 fully saturated rings. The van der Waals surface area contributed by atoms with E-state index in [1.165, 1.54) is 12.3 Å². The predicted octanol–water partition coefficient (Wildman–Crippen LogP) is 4.10. The number of pyridine rings is 1. The van der Waals surface area contributed by atoms with Crippen LogP contribution in [0.3, 0.4) is 0 Å². The number of alkyl halides is 3. The summed E-state index contributed by atoms with van der Waals surface area (Å²) in [6.07, 6.45) is -2.11. The Morgan fingerprint density at radius 2 is 2.07 bits per heavy atom. The molecule has 27 heavy (non-hydrogen) atoms. The van der Waals surface area contributed by atoms with E-state index in [1.807, 2.05) is 0 Å². The second kappa shape index (κ2) is 7.01. The highest BCUT2D eigenvalue weighted by molar-refractivity contribution is 5.71. The lowest BCUT2D eigenvalue weighted by Crippen LogP contribution is -2.43. The molecule has 1 saturated heterocycles. The zero-order valence-electron chi connectivity index (χ0n) is 15.6. The second-order valence-electron chi connectivity index (χ2n) is 7.82. The summed E-state index contributed by atoms with van der Waals surface area (Å²) in [4.78, 5) is 21.7. The molecule has 148 valence electrons. The molecular formula is C18H23F3N4O2. The lowest BCUT2D eigenvalue weighted by atomic mass is 9.98. The number of carbonyl (C=O) groups excluding carboxylic acids is 1. The lowest BCUT2D eigenvalue weighted by Gasteiger charge is -2.34. The van der Waals surface area contributed by atoms with Crippen molar-refractivity contribution >= 4 is 17.3 Å². The van der Waals surface area contributed by atoms with Crippen molar-refractivity contribution in [3.05, 3.63) is 24.2 Å². The highest BCUT2D eigenvalue weighted by Gasteiger charge is 2.39. The van der Waals surface area contributed by atoms with E-state index in [0.717, 1.165) is 11.0 Å². The minimum Gasteiger partial charge on any atom is -0.444 e. The van der Waals surface area contributed by atoms with Gasteiger partial charge in [-0.2, -0.15) is 13.2 Å². The van der Waals surface area contributed by atoms with Gasteiger partial charge in [-0.1, -0.05) is 0 Å². The van der Waals surface area contributed by atoms with Crippen LogP contribution in [0.1, 0.15) is 39.4 Å². The molecule has 0 N–H and O–H groups in total. The third kappa shape index (κ3) is 4.51. The fourth-order valence-electron chi connectivity index (χ4n) is 3.31. The van der Waals surface area contributed by atoms with Crippen LogP contribution in [0.4, 0.5) is 18.0 Å². The van der Waals surface area contributed by atoms with E-state index in [9.17, 15) is 18.0 Å². The predicted molar refractivity (Wildman–Crippen MR) is 93.1 cm³/mol. The summed E-state index contributed by atoms with van der Waals surface area (Å²) in [6.45, 7) is 6.34. The molecule has 3 rings (SSSR count). The minimum absolute atomic E-state index is 0.0989. The first-order valence-electron chi connectivity index (χ1n) is 8.91. The van der Waals surface area contributed by atoms with E-state index < -0.39 is 23.7 Å². The Bertz CT molecular complexity index is 826. The minimum atomic E-state index is -4.57. The Morgan fingerprint density at radius 3 is 2.74 bits per heavy atom. The zero-order chi connectivity index (χ0) is 19.8. The number of rotatable bonds is 2. The number of nitrogens with zero attached hydrogens (tertiary/aromatic N) is 4. The van der Waals surface area contributed by atoms with Crippen LogP contribution < -0.4 is 0 Å². The highest BCUT2D eigenvalue weighted by atomic mass is 19.4. The molecule has 0 radical (unpaired) electrons. The first-order valence-corrected chi connectivity index (χ1v) is 8.91. The maximum Gasteiger partial charge on any atom is 0.449 e. The molecule has 1 aliphatic heterocycles. The van der Waals surface area contributed by atoms with Gasteiger partial charge in [0.25, 0.3) is 0 Å². The molecule has 2 aromatic rings. The summed E-state index contributed by atoms with van der Waals surface area (Å²) in [7, 11) is 0. The van der Waals surface area contributed by atoms with E-state index in [0.29, 0.717) is 19.5 Å². The van der Waals surface area contributed by atoms with Gasteiger partial charge < -0.3 is 14.2 Å². The number of halogens is 3. The number of hydrogen-bond acceptors (Lipinski definition) is 4. The Morgan fingerprint density at radius 1 is 1.33 bits per heavy atom. The van der Waals surface area contributed by atoms with Crippen molar-refractivity contribution in [1.82, 2.24) is 19.4 Å². The standard InChI is InChI=1S/C18H23F3N4O2/c1-17(2,3)27-16(26)24-9-5-6-12(10-24)11-25-14-13(7-4-8-22-14)23-15(25)18(19,20)21/h4,7-8,12H,5-6,9-11H2,1-3H3. The largest absolute Gasteiger partial charge is 0.449 e. The van der Waals surface area contributed by atoms with Crippen LogP contribution in [0, 0.1) is 5.92 Å². The Hall–Kier alpha value is -2.32. The van der Waals surface area contributed by atoms with Gasteiger partial charge in [-0.15, -0.1) is 0 Å². The number of fused-ring (bicyclic) bond motifs is 1. The Balaban J connectivity index is 1.82. The molecule has 1 unspecified atom stereocenters.